The normalized spacial score (nSPS) is 16.2. The standard InChI is InChI=1S/C20H17BrN2O4/c1-11(2)13-4-6-14(7-5-13)23-19(26)15(18(25)22-20(23)27)9-12-3-8-17(24)16(21)10-12/h3-11,24H,1-2H3,(H,22,25,27). The number of anilines is 1. The minimum Gasteiger partial charge on any atom is -0.507 e. The van der Waals surface area contributed by atoms with E-state index >= 15 is 0 Å². The highest BCUT2D eigenvalue weighted by Crippen LogP contribution is 2.27. The minimum absolute atomic E-state index is 0.0404. The van der Waals surface area contributed by atoms with Gasteiger partial charge in [0.15, 0.2) is 0 Å². The molecular weight excluding hydrogens is 412 g/mol. The van der Waals surface area contributed by atoms with Crippen molar-refractivity contribution >= 4 is 45.5 Å². The van der Waals surface area contributed by atoms with Gasteiger partial charge in [0.05, 0.1) is 10.2 Å². The van der Waals surface area contributed by atoms with E-state index in [2.05, 4.69) is 21.2 Å². The molecule has 2 aromatic rings. The van der Waals surface area contributed by atoms with Crippen LogP contribution in [0.15, 0.2) is 52.5 Å². The first-order valence-electron chi connectivity index (χ1n) is 8.28. The quantitative estimate of drug-likeness (QED) is 0.572. The first kappa shape index (κ1) is 18.8. The van der Waals surface area contributed by atoms with Crippen LogP contribution in [0.5, 0.6) is 5.75 Å². The van der Waals surface area contributed by atoms with Gasteiger partial charge >= 0.3 is 6.03 Å². The van der Waals surface area contributed by atoms with Crippen LogP contribution in [0.1, 0.15) is 30.9 Å². The van der Waals surface area contributed by atoms with Crippen LogP contribution < -0.4 is 10.2 Å². The fourth-order valence-electron chi connectivity index (χ4n) is 2.68. The van der Waals surface area contributed by atoms with Gasteiger partial charge in [-0.1, -0.05) is 32.0 Å². The lowest BCUT2D eigenvalue weighted by molar-refractivity contribution is -0.122. The zero-order valence-corrected chi connectivity index (χ0v) is 16.3. The van der Waals surface area contributed by atoms with E-state index in [0.29, 0.717) is 21.6 Å². The molecule has 1 fully saturated rings. The molecule has 2 N–H and O–H groups in total. The number of aromatic hydroxyl groups is 1. The Bertz CT molecular complexity index is 964. The average molecular weight is 429 g/mol. The molecule has 4 amide bonds. The summed E-state index contributed by atoms with van der Waals surface area (Å²) in [6.45, 7) is 4.09. The number of phenols is 1. The number of rotatable bonds is 3. The number of carbonyl (C=O) groups is 3. The van der Waals surface area contributed by atoms with Crippen molar-refractivity contribution in [3.63, 3.8) is 0 Å². The van der Waals surface area contributed by atoms with E-state index in [1.54, 1.807) is 24.3 Å². The lowest BCUT2D eigenvalue weighted by Crippen LogP contribution is -2.54. The van der Waals surface area contributed by atoms with Gasteiger partial charge in [0.25, 0.3) is 11.8 Å². The van der Waals surface area contributed by atoms with Crippen LogP contribution >= 0.6 is 15.9 Å². The Morgan fingerprint density at radius 3 is 2.33 bits per heavy atom. The summed E-state index contributed by atoms with van der Waals surface area (Å²) in [5.74, 6) is -1.11. The molecule has 0 aliphatic carbocycles. The first-order chi connectivity index (χ1) is 12.8. The van der Waals surface area contributed by atoms with Crippen molar-refractivity contribution in [3.05, 3.63) is 63.6 Å². The number of benzene rings is 2. The van der Waals surface area contributed by atoms with Crippen LogP contribution in [-0.4, -0.2) is 23.0 Å². The molecule has 27 heavy (non-hydrogen) atoms. The van der Waals surface area contributed by atoms with E-state index in [0.717, 1.165) is 10.5 Å². The number of nitrogens with zero attached hydrogens (tertiary/aromatic N) is 1. The van der Waals surface area contributed by atoms with Gasteiger partial charge < -0.3 is 5.11 Å². The highest BCUT2D eigenvalue weighted by Gasteiger charge is 2.36. The van der Waals surface area contributed by atoms with Crippen molar-refractivity contribution in [1.82, 2.24) is 5.32 Å². The molecule has 1 heterocycles. The SMILES string of the molecule is CC(C)c1ccc(N2C(=O)NC(=O)C(=Cc3ccc(O)c(Br)c3)C2=O)cc1. The summed E-state index contributed by atoms with van der Waals surface area (Å²) in [5, 5.41) is 11.8. The molecule has 0 aromatic heterocycles. The van der Waals surface area contributed by atoms with Gasteiger partial charge in [0.2, 0.25) is 0 Å². The molecular formula is C20H17BrN2O4. The third kappa shape index (κ3) is 3.78. The van der Waals surface area contributed by atoms with Crippen LogP contribution in [0.4, 0.5) is 10.5 Å². The maximum Gasteiger partial charge on any atom is 0.335 e. The van der Waals surface area contributed by atoms with Gasteiger partial charge in [0.1, 0.15) is 11.3 Å². The van der Waals surface area contributed by atoms with Gasteiger partial charge in [-0.2, -0.15) is 0 Å². The van der Waals surface area contributed by atoms with Gasteiger partial charge in [-0.3, -0.25) is 14.9 Å². The average Bonchev–Trinajstić information content (AvgIpc) is 2.62. The van der Waals surface area contributed by atoms with Crippen molar-refractivity contribution in [2.24, 2.45) is 0 Å². The van der Waals surface area contributed by atoms with Crippen molar-refractivity contribution in [3.8, 4) is 5.75 Å². The molecule has 0 spiro atoms. The van der Waals surface area contributed by atoms with Gasteiger partial charge in [0, 0.05) is 0 Å². The number of amides is 4. The van der Waals surface area contributed by atoms with Crippen molar-refractivity contribution in [1.29, 1.82) is 0 Å². The second-order valence-corrected chi connectivity index (χ2v) is 7.27. The van der Waals surface area contributed by atoms with Crippen LogP contribution in [0.2, 0.25) is 0 Å². The third-order valence-corrected chi connectivity index (χ3v) is 4.84. The highest BCUT2D eigenvalue weighted by molar-refractivity contribution is 9.10. The van der Waals surface area contributed by atoms with Gasteiger partial charge in [-0.05, 0) is 63.3 Å². The minimum atomic E-state index is -0.786. The highest BCUT2D eigenvalue weighted by atomic mass is 79.9. The molecule has 1 aliphatic heterocycles. The maximum absolute atomic E-state index is 12.8. The molecule has 0 bridgehead atoms. The van der Waals surface area contributed by atoms with Crippen LogP contribution in [-0.2, 0) is 9.59 Å². The number of halogens is 1. The van der Waals surface area contributed by atoms with E-state index in [1.165, 1.54) is 12.1 Å². The summed E-state index contributed by atoms with van der Waals surface area (Å²) in [4.78, 5) is 38.2. The lowest BCUT2D eigenvalue weighted by atomic mass is 10.0. The van der Waals surface area contributed by atoms with Crippen molar-refractivity contribution in [2.45, 2.75) is 19.8 Å². The van der Waals surface area contributed by atoms with E-state index < -0.39 is 17.8 Å². The van der Waals surface area contributed by atoms with Crippen molar-refractivity contribution < 1.29 is 19.5 Å². The summed E-state index contributed by atoms with van der Waals surface area (Å²) >= 11 is 3.19. The Morgan fingerprint density at radius 1 is 1.07 bits per heavy atom. The number of nitrogens with one attached hydrogen (secondary N) is 1. The van der Waals surface area contributed by atoms with Crippen LogP contribution in [0.3, 0.4) is 0 Å². The zero-order chi connectivity index (χ0) is 19.7. The zero-order valence-electron chi connectivity index (χ0n) is 14.7. The molecule has 0 unspecified atom stereocenters. The topological polar surface area (TPSA) is 86.7 Å². The number of hydrogen-bond donors (Lipinski definition) is 2. The Hall–Kier alpha value is -2.93. The number of carbonyl (C=O) groups excluding carboxylic acids is 3. The Morgan fingerprint density at radius 2 is 1.74 bits per heavy atom. The Kier molecular flexibility index (Phi) is 5.14. The molecule has 2 aromatic carbocycles. The summed E-state index contributed by atoms with van der Waals surface area (Å²) in [6.07, 6.45) is 1.38. The number of hydrogen-bond acceptors (Lipinski definition) is 4. The summed E-state index contributed by atoms with van der Waals surface area (Å²) in [7, 11) is 0. The second kappa shape index (κ2) is 7.36. The number of imide groups is 2. The monoisotopic (exact) mass is 428 g/mol. The molecule has 6 nitrogen and oxygen atoms in total. The fraction of sp³-hybridized carbons (Fsp3) is 0.150. The largest absolute Gasteiger partial charge is 0.507 e. The molecule has 138 valence electrons. The van der Waals surface area contributed by atoms with Crippen LogP contribution in [0.25, 0.3) is 6.08 Å². The fourth-order valence-corrected chi connectivity index (χ4v) is 3.08. The predicted octanol–water partition coefficient (Wildman–Crippen LogP) is 3.94. The molecule has 0 saturated carbocycles. The second-order valence-electron chi connectivity index (χ2n) is 6.41. The van der Waals surface area contributed by atoms with E-state index in [4.69, 9.17) is 0 Å². The molecule has 3 rings (SSSR count). The molecule has 0 atom stereocenters. The van der Waals surface area contributed by atoms with E-state index in [1.807, 2.05) is 26.0 Å². The first-order valence-corrected chi connectivity index (χ1v) is 9.07. The smallest absolute Gasteiger partial charge is 0.335 e. The number of barbiturate groups is 1. The molecule has 0 radical (unpaired) electrons. The summed E-state index contributed by atoms with van der Waals surface area (Å²) in [6, 6.07) is 10.8. The Balaban J connectivity index is 1.98. The number of phenolic OH excluding ortho intramolecular Hbond substituents is 1. The Labute approximate surface area is 164 Å². The molecule has 1 saturated heterocycles. The predicted molar refractivity (Wildman–Crippen MR) is 105 cm³/mol. The van der Waals surface area contributed by atoms with Gasteiger partial charge in [-0.15, -0.1) is 0 Å². The molecule has 1 aliphatic rings. The van der Waals surface area contributed by atoms with Gasteiger partial charge in [-0.25, -0.2) is 9.69 Å². The van der Waals surface area contributed by atoms with Crippen LogP contribution in [0, 0.1) is 0 Å². The lowest BCUT2D eigenvalue weighted by Gasteiger charge is -2.26. The maximum atomic E-state index is 12.8. The molecule has 7 heteroatoms. The van der Waals surface area contributed by atoms with Crippen molar-refractivity contribution in [2.75, 3.05) is 4.90 Å². The van der Waals surface area contributed by atoms with E-state index in [9.17, 15) is 19.5 Å². The van der Waals surface area contributed by atoms with E-state index in [-0.39, 0.29) is 11.3 Å². The summed E-state index contributed by atoms with van der Waals surface area (Å²) < 4.78 is 0.428. The summed E-state index contributed by atoms with van der Waals surface area (Å²) in [5.41, 5.74) is 1.82. The number of urea groups is 1. The third-order valence-electron chi connectivity index (χ3n) is 4.20.